The lowest BCUT2D eigenvalue weighted by Gasteiger charge is -2.28. The highest BCUT2D eigenvalue weighted by Gasteiger charge is 2.44. The van der Waals surface area contributed by atoms with Gasteiger partial charge in [-0.2, -0.15) is 0 Å². The van der Waals surface area contributed by atoms with Crippen molar-refractivity contribution >= 4 is 0 Å². The molecule has 0 spiro atoms. The molecule has 2 heteroatoms. The monoisotopic (exact) mass is 231 g/mol. The molecule has 2 fully saturated rings. The van der Waals surface area contributed by atoms with Gasteiger partial charge in [-0.15, -0.1) is 0 Å². The van der Waals surface area contributed by atoms with Crippen LogP contribution in [0.4, 0.5) is 0 Å². The molecule has 0 aliphatic heterocycles. The van der Waals surface area contributed by atoms with Crippen LogP contribution in [0.25, 0.3) is 0 Å². The standard InChI is InChI=1S/C15H21NO/c17-15-12-4-3-11(7-12)14(15)16-8-13-6-9-1-2-10(13)5-9/h1-4,9-17H,5-8H2. The molecule has 4 rings (SSSR count). The van der Waals surface area contributed by atoms with Crippen molar-refractivity contribution in [3.8, 4) is 0 Å². The van der Waals surface area contributed by atoms with E-state index in [1.807, 2.05) is 0 Å². The summed E-state index contributed by atoms with van der Waals surface area (Å²) in [5.74, 6) is 3.51. The van der Waals surface area contributed by atoms with Crippen LogP contribution in [0.5, 0.6) is 0 Å². The van der Waals surface area contributed by atoms with Crippen molar-refractivity contribution in [2.24, 2.45) is 29.6 Å². The second-order valence-corrected chi connectivity index (χ2v) is 6.41. The molecule has 0 heterocycles. The average Bonchev–Trinajstić information content (AvgIpc) is 3.07. The molecule has 7 unspecified atom stereocenters. The first-order valence-corrected chi connectivity index (χ1v) is 7.09. The lowest BCUT2D eigenvalue weighted by atomic mass is 9.92. The first-order valence-electron chi connectivity index (χ1n) is 7.09. The van der Waals surface area contributed by atoms with Gasteiger partial charge in [0.05, 0.1) is 6.10 Å². The molecule has 4 aliphatic rings. The molecule has 0 aromatic rings. The van der Waals surface area contributed by atoms with Crippen molar-refractivity contribution in [3.05, 3.63) is 24.3 Å². The molecular formula is C15H21NO. The maximum atomic E-state index is 10.2. The van der Waals surface area contributed by atoms with Crippen LogP contribution in [0.3, 0.4) is 0 Å². The van der Waals surface area contributed by atoms with Gasteiger partial charge in [0.1, 0.15) is 0 Å². The normalized spacial score (nSPS) is 54.1. The Labute approximate surface area is 103 Å². The molecule has 2 N–H and O–H groups in total. The molecule has 0 radical (unpaired) electrons. The van der Waals surface area contributed by atoms with Gasteiger partial charge >= 0.3 is 0 Å². The minimum Gasteiger partial charge on any atom is -0.391 e. The molecule has 0 aromatic carbocycles. The van der Waals surface area contributed by atoms with Gasteiger partial charge in [-0.3, -0.25) is 0 Å². The van der Waals surface area contributed by atoms with Gasteiger partial charge in [-0.05, 0) is 49.5 Å². The SMILES string of the molecule is OC1C2C=CC(C2)C1NCC1CC2C=CC1C2. The van der Waals surface area contributed by atoms with Crippen molar-refractivity contribution < 1.29 is 5.11 Å². The summed E-state index contributed by atoms with van der Waals surface area (Å²) in [4.78, 5) is 0. The Morgan fingerprint density at radius 1 is 0.941 bits per heavy atom. The summed E-state index contributed by atoms with van der Waals surface area (Å²) >= 11 is 0. The topological polar surface area (TPSA) is 32.3 Å². The highest BCUT2D eigenvalue weighted by atomic mass is 16.3. The second-order valence-electron chi connectivity index (χ2n) is 6.41. The number of nitrogens with one attached hydrogen (secondary N) is 1. The van der Waals surface area contributed by atoms with Gasteiger partial charge in [0.2, 0.25) is 0 Å². The van der Waals surface area contributed by atoms with Crippen LogP contribution in [-0.4, -0.2) is 23.8 Å². The number of fused-ring (bicyclic) bond motifs is 4. The third-order valence-corrected chi connectivity index (χ3v) is 5.45. The third-order valence-electron chi connectivity index (χ3n) is 5.45. The van der Waals surface area contributed by atoms with E-state index in [0.717, 1.165) is 30.7 Å². The maximum Gasteiger partial charge on any atom is 0.0761 e. The zero-order chi connectivity index (χ0) is 11.4. The van der Waals surface area contributed by atoms with Crippen LogP contribution in [0.1, 0.15) is 19.3 Å². The fourth-order valence-corrected chi connectivity index (χ4v) is 4.48. The Morgan fingerprint density at radius 2 is 1.76 bits per heavy atom. The summed E-state index contributed by atoms with van der Waals surface area (Å²) in [5.41, 5.74) is 0. The Morgan fingerprint density at radius 3 is 2.41 bits per heavy atom. The third kappa shape index (κ3) is 1.54. The number of rotatable bonds is 3. The summed E-state index contributed by atoms with van der Waals surface area (Å²) in [7, 11) is 0. The minimum absolute atomic E-state index is 0.140. The lowest BCUT2D eigenvalue weighted by Crippen LogP contribution is -2.45. The van der Waals surface area contributed by atoms with Crippen LogP contribution < -0.4 is 5.32 Å². The van der Waals surface area contributed by atoms with Crippen LogP contribution in [0.15, 0.2) is 24.3 Å². The highest BCUT2D eigenvalue weighted by Crippen LogP contribution is 2.44. The second kappa shape index (κ2) is 3.69. The number of hydrogen-bond donors (Lipinski definition) is 2. The van der Waals surface area contributed by atoms with Crippen molar-refractivity contribution in [2.45, 2.75) is 31.4 Å². The molecule has 2 nitrogen and oxygen atoms in total. The molecule has 0 aromatic heterocycles. The number of hydrogen-bond acceptors (Lipinski definition) is 2. The van der Waals surface area contributed by atoms with Crippen molar-refractivity contribution in [1.29, 1.82) is 0 Å². The van der Waals surface area contributed by atoms with Crippen LogP contribution in [0, 0.1) is 29.6 Å². The van der Waals surface area contributed by atoms with Gasteiger partial charge in [-0.1, -0.05) is 24.3 Å². The van der Waals surface area contributed by atoms with E-state index in [4.69, 9.17) is 0 Å². The fraction of sp³-hybridized carbons (Fsp3) is 0.733. The molecule has 0 amide bonds. The van der Waals surface area contributed by atoms with Crippen molar-refractivity contribution in [1.82, 2.24) is 5.32 Å². The predicted molar refractivity (Wildman–Crippen MR) is 67.4 cm³/mol. The van der Waals surface area contributed by atoms with Crippen LogP contribution in [0.2, 0.25) is 0 Å². The van der Waals surface area contributed by atoms with Gasteiger partial charge in [-0.25, -0.2) is 0 Å². The van der Waals surface area contributed by atoms with Gasteiger partial charge in [0, 0.05) is 12.0 Å². The predicted octanol–water partition coefficient (Wildman–Crippen LogP) is 1.72. The van der Waals surface area contributed by atoms with E-state index in [1.54, 1.807) is 0 Å². The molecule has 4 bridgehead atoms. The first kappa shape index (κ1) is 10.3. The van der Waals surface area contributed by atoms with E-state index >= 15 is 0 Å². The maximum absolute atomic E-state index is 10.2. The van der Waals surface area contributed by atoms with E-state index in [1.165, 1.54) is 12.8 Å². The molecule has 0 saturated heterocycles. The van der Waals surface area contributed by atoms with E-state index in [-0.39, 0.29) is 6.10 Å². The van der Waals surface area contributed by atoms with Crippen LogP contribution >= 0.6 is 0 Å². The smallest absolute Gasteiger partial charge is 0.0761 e. The van der Waals surface area contributed by atoms with Gasteiger partial charge in [0.25, 0.3) is 0 Å². The highest BCUT2D eigenvalue weighted by molar-refractivity contribution is 5.17. The Balaban J connectivity index is 1.37. The molecular weight excluding hydrogens is 210 g/mol. The van der Waals surface area contributed by atoms with Crippen LogP contribution in [-0.2, 0) is 0 Å². The fourth-order valence-electron chi connectivity index (χ4n) is 4.48. The first-order chi connectivity index (χ1) is 8.31. The molecule has 4 aliphatic carbocycles. The summed E-state index contributed by atoms with van der Waals surface area (Å²) in [6.07, 6.45) is 13.1. The zero-order valence-corrected chi connectivity index (χ0v) is 10.1. The van der Waals surface area contributed by atoms with Crippen molar-refractivity contribution in [2.75, 3.05) is 6.54 Å². The molecule has 17 heavy (non-hydrogen) atoms. The van der Waals surface area contributed by atoms with Crippen molar-refractivity contribution in [3.63, 3.8) is 0 Å². The number of allylic oxidation sites excluding steroid dienone is 2. The lowest BCUT2D eigenvalue weighted by molar-refractivity contribution is 0.112. The summed E-state index contributed by atoms with van der Waals surface area (Å²) in [5, 5.41) is 13.8. The minimum atomic E-state index is -0.140. The molecule has 92 valence electrons. The molecule has 2 saturated carbocycles. The zero-order valence-electron chi connectivity index (χ0n) is 10.1. The summed E-state index contributed by atoms with van der Waals surface area (Å²) < 4.78 is 0. The van der Waals surface area contributed by atoms with Gasteiger partial charge < -0.3 is 10.4 Å². The summed E-state index contributed by atoms with van der Waals surface area (Å²) in [6.45, 7) is 1.10. The Kier molecular flexibility index (Phi) is 2.25. The number of aliphatic hydroxyl groups excluding tert-OH is 1. The summed E-state index contributed by atoms with van der Waals surface area (Å²) in [6, 6.07) is 0.327. The van der Waals surface area contributed by atoms with E-state index in [9.17, 15) is 5.11 Å². The van der Waals surface area contributed by atoms with E-state index < -0.39 is 0 Å². The molecule has 7 atom stereocenters. The largest absolute Gasteiger partial charge is 0.391 e. The Hall–Kier alpha value is -0.600. The quantitative estimate of drug-likeness (QED) is 0.725. The van der Waals surface area contributed by atoms with E-state index in [0.29, 0.717) is 17.9 Å². The Bertz CT molecular complexity index is 375. The average molecular weight is 231 g/mol. The van der Waals surface area contributed by atoms with Gasteiger partial charge in [0.15, 0.2) is 0 Å². The number of aliphatic hydroxyl groups is 1. The van der Waals surface area contributed by atoms with E-state index in [2.05, 4.69) is 29.6 Å².